The van der Waals surface area contributed by atoms with Gasteiger partial charge in [-0.05, 0) is 35.8 Å². The van der Waals surface area contributed by atoms with E-state index in [1.54, 1.807) is 11.3 Å². The molecule has 1 saturated heterocycles. The van der Waals surface area contributed by atoms with E-state index in [0.717, 1.165) is 37.7 Å². The third kappa shape index (κ3) is 2.85. The molecule has 128 valence electrons. The van der Waals surface area contributed by atoms with Crippen LogP contribution in [0.15, 0.2) is 30.5 Å². The van der Waals surface area contributed by atoms with E-state index >= 15 is 0 Å². The van der Waals surface area contributed by atoms with Crippen molar-refractivity contribution >= 4 is 16.5 Å². The number of nitrogens with one attached hydrogen (secondary N) is 1. The van der Waals surface area contributed by atoms with Crippen molar-refractivity contribution in [2.45, 2.75) is 31.8 Å². The minimum absolute atomic E-state index is 0.316. The van der Waals surface area contributed by atoms with Gasteiger partial charge in [0.25, 0.3) is 0 Å². The summed E-state index contributed by atoms with van der Waals surface area (Å²) >= 11 is 1.77. The Labute approximate surface area is 147 Å². The lowest BCUT2D eigenvalue weighted by atomic mass is 9.74. The number of hydrogen-bond acceptors (Lipinski definition) is 5. The highest BCUT2D eigenvalue weighted by atomic mass is 32.1. The molecule has 1 atom stereocenters. The number of aromatic nitrogens is 1. The molecule has 2 heterocycles. The number of benzene rings is 1. The van der Waals surface area contributed by atoms with Gasteiger partial charge in [0.15, 0.2) is 5.13 Å². The van der Waals surface area contributed by atoms with Gasteiger partial charge < -0.3 is 15.0 Å². The van der Waals surface area contributed by atoms with Gasteiger partial charge in [-0.2, -0.15) is 0 Å². The number of fused-ring (bicyclic) bond motifs is 1. The average Bonchev–Trinajstić information content (AvgIpc) is 3.16. The van der Waals surface area contributed by atoms with E-state index in [-0.39, 0.29) is 0 Å². The van der Waals surface area contributed by atoms with Crippen LogP contribution in [0.1, 0.15) is 34.9 Å². The fourth-order valence-electron chi connectivity index (χ4n) is 4.15. The van der Waals surface area contributed by atoms with Crippen LogP contribution in [0.4, 0.5) is 5.13 Å². The zero-order chi connectivity index (χ0) is 16.6. The van der Waals surface area contributed by atoms with Crippen LogP contribution in [-0.4, -0.2) is 32.3 Å². The quantitative estimate of drug-likeness (QED) is 0.923. The maximum absolute atomic E-state index is 5.65. The summed E-state index contributed by atoms with van der Waals surface area (Å²) in [5.41, 5.74) is 3.31. The first-order chi connectivity index (χ1) is 11.7. The van der Waals surface area contributed by atoms with E-state index in [1.165, 1.54) is 22.4 Å². The smallest absolute Gasteiger partial charge is 0.185 e. The molecule has 24 heavy (non-hydrogen) atoms. The Kier molecular flexibility index (Phi) is 4.33. The summed E-state index contributed by atoms with van der Waals surface area (Å²) in [7, 11) is 4.08. The highest BCUT2D eigenvalue weighted by molar-refractivity contribution is 7.15. The van der Waals surface area contributed by atoms with E-state index in [9.17, 15) is 0 Å². The van der Waals surface area contributed by atoms with Crippen LogP contribution in [0, 0.1) is 5.41 Å². The number of hydrogen-bond donors (Lipinski definition) is 1. The fourth-order valence-corrected chi connectivity index (χ4v) is 4.93. The first-order valence-electron chi connectivity index (χ1n) is 8.69. The third-order valence-corrected chi connectivity index (χ3v) is 6.58. The van der Waals surface area contributed by atoms with E-state index < -0.39 is 0 Å². The van der Waals surface area contributed by atoms with Crippen molar-refractivity contribution in [2.75, 3.05) is 32.2 Å². The van der Waals surface area contributed by atoms with Crippen LogP contribution in [0.3, 0.4) is 0 Å². The number of ether oxygens (including phenoxy) is 1. The number of nitrogens with zero attached hydrogens (tertiary/aromatic N) is 2. The van der Waals surface area contributed by atoms with Crippen LogP contribution in [0.5, 0.6) is 0 Å². The van der Waals surface area contributed by atoms with Gasteiger partial charge in [0, 0.05) is 51.0 Å². The lowest BCUT2D eigenvalue weighted by Crippen LogP contribution is -2.39. The Morgan fingerprint density at radius 3 is 2.83 bits per heavy atom. The maximum Gasteiger partial charge on any atom is 0.185 e. The molecular formula is C19H25N3OS. The van der Waals surface area contributed by atoms with Gasteiger partial charge in [0.2, 0.25) is 0 Å². The van der Waals surface area contributed by atoms with E-state index in [4.69, 9.17) is 4.74 Å². The molecule has 4 nitrogen and oxygen atoms in total. The standard InChI is InChI=1S/C19H25N3OS/c1-22(2)18-21-13-15(24-18)12-20-17-16-6-4-3-5-14(16)11-19(17)7-9-23-10-8-19/h3-6,13,17,20H,7-12H2,1-2H3. The Hall–Kier alpha value is -1.43. The zero-order valence-electron chi connectivity index (χ0n) is 14.4. The van der Waals surface area contributed by atoms with Gasteiger partial charge in [-0.25, -0.2) is 4.98 Å². The van der Waals surface area contributed by atoms with Crippen LogP contribution in [0.2, 0.25) is 0 Å². The van der Waals surface area contributed by atoms with Crippen molar-refractivity contribution in [3.63, 3.8) is 0 Å². The normalized spacial score (nSPS) is 21.8. The van der Waals surface area contributed by atoms with Crippen molar-refractivity contribution < 1.29 is 4.74 Å². The van der Waals surface area contributed by atoms with Crippen LogP contribution in [0.25, 0.3) is 0 Å². The summed E-state index contributed by atoms with van der Waals surface area (Å²) < 4.78 is 5.65. The Morgan fingerprint density at radius 2 is 2.08 bits per heavy atom. The first-order valence-corrected chi connectivity index (χ1v) is 9.51. The highest BCUT2D eigenvalue weighted by Gasteiger charge is 2.46. The van der Waals surface area contributed by atoms with Crippen LogP contribution >= 0.6 is 11.3 Å². The van der Waals surface area contributed by atoms with E-state index in [2.05, 4.69) is 39.5 Å². The number of rotatable bonds is 4. The highest BCUT2D eigenvalue weighted by Crippen LogP contribution is 2.51. The molecule has 1 N–H and O–H groups in total. The van der Waals surface area contributed by atoms with E-state index in [1.807, 2.05) is 20.3 Å². The molecule has 0 saturated carbocycles. The predicted octanol–water partition coefficient (Wildman–Crippen LogP) is 3.39. The molecule has 1 aliphatic heterocycles. The molecule has 5 heteroatoms. The molecule has 1 spiro atoms. The van der Waals surface area contributed by atoms with E-state index in [0.29, 0.717) is 11.5 Å². The van der Waals surface area contributed by atoms with Crippen LogP contribution < -0.4 is 10.2 Å². The van der Waals surface area contributed by atoms with Gasteiger partial charge in [0.1, 0.15) is 0 Å². The first kappa shape index (κ1) is 16.1. The van der Waals surface area contributed by atoms with Crippen molar-refractivity contribution in [3.05, 3.63) is 46.5 Å². The van der Waals surface area contributed by atoms with Crippen LogP contribution in [-0.2, 0) is 17.7 Å². The summed E-state index contributed by atoms with van der Waals surface area (Å²) in [5.74, 6) is 0. The van der Waals surface area contributed by atoms with Crippen molar-refractivity contribution in [2.24, 2.45) is 5.41 Å². The molecule has 1 unspecified atom stereocenters. The molecule has 0 amide bonds. The van der Waals surface area contributed by atoms with Crippen molar-refractivity contribution in [1.29, 1.82) is 0 Å². The minimum atomic E-state index is 0.316. The molecule has 4 rings (SSSR count). The molecule has 1 aromatic heterocycles. The lowest BCUT2D eigenvalue weighted by Gasteiger charge is -2.39. The molecule has 0 bridgehead atoms. The summed E-state index contributed by atoms with van der Waals surface area (Å²) in [6.07, 6.45) is 5.47. The topological polar surface area (TPSA) is 37.4 Å². The van der Waals surface area contributed by atoms with Gasteiger partial charge in [-0.3, -0.25) is 0 Å². The Balaban J connectivity index is 1.56. The Morgan fingerprint density at radius 1 is 1.29 bits per heavy atom. The molecule has 1 fully saturated rings. The monoisotopic (exact) mass is 343 g/mol. The molecule has 0 radical (unpaired) electrons. The van der Waals surface area contributed by atoms with Gasteiger partial charge in [0.05, 0.1) is 0 Å². The summed E-state index contributed by atoms with van der Waals surface area (Å²) in [6, 6.07) is 9.35. The molecule has 1 aliphatic carbocycles. The molecule has 1 aromatic carbocycles. The molecule has 2 aromatic rings. The van der Waals surface area contributed by atoms with Gasteiger partial charge >= 0.3 is 0 Å². The summed E-state index contributed by atoms with van der Waals surface area (Å²) in [4.78, 5) is 7.86. The second-order valence-electron chi connectivity index (χ2n) is 7.17. The average molecular weight is 343 g/mol. The summed E-state index contributed by atoms with van der Waals surface area (Å²) in [5, 5.41) is 4.93. The van der Waals surface area contributed by atoms with Crippen molar-refractivity contribution in [1.82, 2.24) is 10.3 Å². The van der Waals surface area contributed by atoms with Gasteiger partial charge in [-0.1, -0.05) is 24.3 Å². The minimum Gasteiger partial charge on any atom is -0.381 e. The Bertz CT molecular complexity index is 706. The predicted molar refractivity (Wildman–Crippen MR) is 98.7 cm³/mol. The fraction of sp³-hybridized carbons (Fsp3) is 0.526. The number of thiazole rings is 1. The SMILES string of the molecule is CN(C)c1ncc(CNC2c3ccccc3CC23CCOCC3)s1. The molecular weight excluding hydrogens is 318 g/mol. The lowest BCUT2D eigenvalue weighted by molar-refractivity contribution is -0.000183. The maximum atomic E-state index is 5.65. The third-order valence-electron chi connectivity index (χ3n) is 5.41. The van der Waals surface area contributed by atoms with Crippen molar-refractivity contribution in [3.8, 4) is 0 Å². The number of anilines is 1. The second-order valence-corrected chi connectivity index (χ2v) is 8.26. The second kappa shape index (κ2) is 6.47. The zero-order valence-corrected chi connectivity index (χ0v) is 15.2. The van der Waals surface area contributed by atoms with Gasteiger partial charge in [-0.15, -0.1) is 11.3 Å². The largest absolute Gasteiger partial charge is 0.381 e. The molecule has 2 aliphatic rings. The summed E-state index contributed by atoms with van der Waals surface area (Å²) in [6.45, 7) is 2.65.